The van der Waals surface area contributed by atoms with Crippen LogP contribution in [-0.2, 0) is 4.79 Å². The Balaban J connectivity index is 2.13. The summed E-state index contributed by atoms with van der Waals surface area (Å²) in [4.78, 5) is 26.6. The molecule has 0 radical (unpaired) electrons. The maximum absolute atomic E-state index is 12.1. The molecule has 0 bridgehead atoms. The van der Waals surface area contributed by atoms with E-state index < -0.39 is 5.97 Å². The molecule has 2 heterocycles. The molecular weight excluding hydrogens is 264 g/mol. The van der Waals surface area contributed by atoms with Crippen molar-refractivity contribution in [3.8, 4) is 0 Å². The van der Waals surface area contributed by atoms with Gasteiger partial charge in [-0.2, -0.15) is 11.8 Å². The number of nitrogens with one attached hydrogen (secondary N) is 1. The van der Waals surface area contributed by atoms with Gasteiger partial charge < -0.3 is 10.4 Å². The van der Waals surface area contributed by atoms with Gasteiger partial charge in [0.1, 0.15) is 0 Å². The number of aliphatic carboxylic acids is 1. The van der Waals surface area contributed by atoms with Crippen molar-refractivity contribution >= 4 is 29.7 Å². The summed E-state index contributed by atoms with van der Waals surface area (Å²) in [6, 6.07) is 1.79. The topological polar surface area (TPSA) is 79.3 Å². The zero-order valence-corrected chi connectivity index (χ0v) is 11.0. The van der Waals surface area contributed by atoms with E-state index in [1.165, 1.54) is 18.5 Å². The number of carbonyl (C=O) groups is 2. The molecule has 1 saturated heterocycles. The first-order chi connectivity index (χ1) is 9.16. The minimum absolute atomic E-state index is 0.181. The quantitative estimate of drug-likeness (QED) is 0.814. The van der Waals surface area contributed by atoms with Gasteiger partial charge in [-0.3, -0.25) is 9.78 Å². The molecule has 0 saturated carbocycles. The fraction of sp³-hybridized carbons (Fsp3) is 0.308. The van der Waals surface area contributed by atoms with Crippen LogP contribution in [-0.4, -0.2) is 39.5 Å². The Morgan fingerprint density at radius 2 is 2.37 bits per heavy atom. The van der Waals surface area contributed by atoms with Gasteiger partial charge in [-0.05, 0) is 24.3 Å². The fourth-order valence-corrected chi connectivity index (χ4v) is 2.97. The number of rotatable bonds is 4. The molecule has 1 unspecified atom stereocenters. The molecule has 1 amide bonds. The van der Waals surface area contributed by atoms with Crippen LogP contribution in [0.4, 0.5) is 0 Å². The van der Waals surface area contributed by atoms with Gasteiger partial charge in [-0.25, -0.2) is 4.79 Å². The van der Waals surface area contributed by atoms with Gasteiger partial charge in [0.2, 0.25) is 0 Å². The van der Waals surface area contributed by atoms with Crippen molar-refractivity contribution in [1.29, 1.82) is 0 Å². The molecule has 0 aliphatic carbocycles. The third-order valence-electron chi connectivity index (χ3n) is 2.77. The predicted molar refractivity (Wildman–Crippen MR) is 74.1 cm³/mol. The molecule has 5 nitrogen and oxygen atoms in total. The highest BCUT2D eigenvalue weighted by Crippen LogP contribution is 2.18. The van der Waals surface area contributed by atoms with Crippen LogP contribution in [0.3, 0.4) is 0 Å². The van der Waals surface area contributed by atoms with Crippen molar-refractivity contribution in [3.05, 3.63) is 35.7 Å². The van der Waals surface area contributed by atoms with Crippen LogP contribution in [0.1, 0.15) is 22.3 Å². The lowest BCUT2D eigenvalue weighted by molar-refractivity contribution is -0.131. The highest BCUT2D eigenvalue weighted by molar-refractivity contribution is 7.99. The number of thioether (sulfide) groups is 1. The zero-order chi connectivity index (χ0) is 13.7. The van der Waals surface area contributed by atoms with E-state index in [0.717, 1.165) is 24.0 Å². The van der Waals surface area contributed by atoms with E-state index in [2.05, 4.69) is 10.3 Å². The monoisotopic (exact) mass is 278 g/mol. The SMILES string of the molecule is O=C(O)/C=C/c1cnccc1C(=O)NC1CCSC1. The molecule has 1 aliphatic heterocycles. The first kappa shape index (κ1) is 13.6. The molecule has 2 rings (SSSR count). The van der Waals surface area contributed by atoms with Crippen LogP contribution in [0.15, 0.2) is 24.5 Å². The van der Waals surface area contributed by atoms with Crippen molar-refractivity contribution in [2.75, 3.05) is 11.5 Å². The van der Waals surface area contributed by atoms with Gasteiger partial charge in [0.25, 0.3) is 5.91 Å². The molecule has 1 aliphatic rings. The molecule has 0 spiro atoms. The average molecular weight is 278 g/mol. The van der Waals surface area contributed by atoms with Crippen LogP contribution in [0.2, 0.25) is 0 Å². The molecule has 19 heavy (non-hydrogen) atoms. The van der Waals surface area contributed by atoms with Crippen LogP contribution in [0.5, 0.6) is 0 Å². The lowest BCUT2D eigenvalue weighted by Crippen LogP contribution is -2.34. The van der Waals surface area contributed by atoms with Crippen molar-refractivity contribution in [3.63, 3.8) is 0 Å². The van der Waals surface area contributed by atoms with Crippen molar-refractivity contribution in [2.24, 2.45) is 0 Å². The standard InChI is InChI=1S/C13H14N2O3S/c16-12(17)2-1-9-7-14-5-3-11(9)13(18)15-10-4-6-19-8-10/h1-3,5,7,10H,4,6,8H2,(H,15,18)(H,16,17)/b2-1+. The molecule has 1 aromatic rings. The highest BCUT2D eigenvalue weighted by atomic mass is 32.2. The van der Waals surface area contributed by atoms with E-state index in [9.17, 15) is 9.59 Å². The highest BCUT2D eigenvalue weighted by Gasteiger charge is 2.19. The Kier molecular flexibility index (Phi) is 4.57. The van der Waals surface area contributed by atoms with Crippen LogP contribution in [0.25, 0.3) is 6.08 Å². The minimum atomic E-state index is -1.05. The van der Waals surface area contributed by atoms with Crippen molar-refractivity contribution in [2.45, 2.75) is 12.5 Å². The molecule has 1 atom stereocenters. The second kappa shape index (κ2) is 6.38. The van der Waals surface area contributed by atoms with Crippen molar-refractivity contribution < 1.29 is 14.7 Å². The summed E-state index contributed by atoms with van der Waals surface area (Å²) in [5.41, 5.74) is 0.956. The number of carbonyl (C=O) groups excluding carboxylic acids is 1. The van der Waals surface area contributed by atoms with E-state index in [4.69, 9.17) is 5.11 Å². The number of aromatic nitrogens is 1. The van der Waals surface area contributed by atoms with E-state index >= 15 is 0 Å². The van der Waals surface area contributed by atoms with Gasteiger partial charge in [0, 0.05) is 41.4 Å². The number of nitrogens with zero attached hydrogens (tertiary/aromatic N) is 1. The van der Waals surface area contributed by atoms with Crippen LogP contribution in [0, 0.1) is 0 Å². The Hall–Kier alpha value is -1.82. The molecule has 0 aromatic carbocycles. The summed E-state index contributed by atoms with van der Waals surface area (Å²) in [5.74, 6) is 0.756. The molecule has 6 heteroatoms. The maximum Gasteiger partial charge on any atom is 0.328 e. The number of pyridine rings is 1. The number of carboxylic acids is 1. The average Bonchev–Trinajstić information content (AvgIpc) is 2.89. The maximum atomic E-state index is 12.1. The lowest BCUT2D eigenvalue weighted by Gasteiger charge is -2.12. The van der Waals surface area contributed by atoms with E-state index in [0.29, 0.717) is 11.1 Å². The second-order valence-corrected chi connectivity index (χ2v) is 5.32. The summed E-state index contributed by atoms with van der Waals surface area (Å²) >= 11 is 1.82. The molecule has 1 fully saturated rings. The van der Waals surface area contributed by atoms with Gasteiger partial charge in [0.15, 0.2) is 0 Å². The van der Waals surface area contributed by atoms with Gasteiger partial charge >= 0.3 is 5.97 Å². The summed E-state index contributed by atoms with van der Waals surface area (Å²) in [5, 5.41) is 11.6. The van der Waals surface area contributed by atoms with Gasteiger partial charge in [0.05, 0.1) is 0 Å². The Morgan fingerprint density at radius 1 is 1.53 bits per heavy atom. The summed E-state index contributed by atoms with van der Waals surface area (Å²) in [6.07, 6.45) is 6.36. The van der Waals surface area contributed by atoms with Gasteiger partial charge in [-0.1, -0.05) is 0 Å². The molecule has 100 valence electrons. The predicted octanol–water partition coefficient (Wildman–Crippen LogP) is 1.41. The number of hydrogen-bond donors (Lipinski definition) is 2. The first-order valence-corrected chi connectivity index (χ1v) is 7.06. The largest absolute Gasteiger partial charge is 0.478 e. The Morgan fingerprint density at radius 3 is 3.05 bits per heavy atom. The third-order valence-corrected chi connectivity index (χ3v) is 3.93. The number of hydrogen-bond acceptors (Lipinski definition) is 4. The molecule has 2 N–H and O–H groups in total. The van der Waals surface area contributed by atoms with Gasteiger partial charge in [-0.15, -0.1) is 0 Å². The van der Waals surface area contributed by atoms with Crippen molar-refractivity contribution in [1.82, 2.24) is 10.3 Å². The lowest BCUT2D eigenvalue weighted by atomic mass is 10.1. The molecule has 1 aromatic heterocycles. The third kappa shape index (κ3) is 3.82. The first-order valence-electron chi connectivity index (χ1n) is 5.90. The Bertz CT molecular complexity index is 510. The number of amides is 1. The molecular formula is C13H14N2O3S. The normalized spacial score (nSPS) is 18.6. The minimum Gasteiger partial charge on any atom is -0.478 e. The van der Waals surface area contributed by atoms with E-state index in [1.54, 1.807) is 6.07 Å². The zero-order valence-electron chi connectivity index (χ0n) is 10.2. The summed E-state index contributed by atoms with van der Waals surface area (Å²) in [6.45, 7) is 0. The van der Waals surface area contributed by atoms with E-state index in [-0.39, 0.29) is 11.9 Å². The van der Waals surface area contributed by atoms with E-state index in [1.807, 2.05) is 11.8 Å². The van der Waals surface area contributed by atoms with Crippen LogP contribution >= 0.6 is 11.8 Å². The Labute approximate surface area is 115 Å². The summed E-state index contributed by atoms with van der Waals surface area (Å²) < 4.78 is 0. The number of carboxylic acid groups (broad SMARTS) is 1. The second-order valence-electron chi connectivity index (χ2n) is 4.17. The smallest absolute Gasteiger partial charge is 0.328 e. The van der Waals surface area contributed by atoms with Crippen LogP contribution < -0.4 is 5.32 Å². The fourth-order valence-electron chi connectivity index (χ4n) is 1.82. The summed E-state index contributed by atoms with van der Waals surface area (Å²) in [7, 11) is 0.